The lowest BCUT2D eigenvalue weighted by Crippen LogP contribution is -2.29. The Morgan fingerprint density at radius 1 is 1.35 bits per heavy atom. The third-order valence-corrected chi connectivity index (χ3v) is 4.65. The molecule has 0 radical (unpaired) electrons. The molecule has 0 heterocycles. The number of sulfonamides is 1. The van der Waals surface area contributed by atoms with Gasteiger partial charge >= 0.3 is 6.09 Å². The third-order valence-electron chi connectivity index (χ3n) is 2.51. The molecule has 0 unspecified atom stereocenters. The molecular formula is C14H20ClN3O4S. The topological polar surface area (TPSA) is 88.1 Å². The number of benzene rings is 1. The van der Waals surface area contributed by atoms with Crippen molar-refractivity contribution in [2.75, 3.05) is 14.1 Å². The van der Waals surface area contributed by atoms with Gasteiger partial charge in [0.2, 0.25) is 10.0 Å². The molecule has 1 N–H and O–H groups in total. The summed E-state index contributed by atoms with van der Waals surface area (Å²) in [6.07, 6.45) is 0.606. The Morgan fingerprint density at radius 3 is 2.43 bits per heavy atom. The summed E-state index contributed by atoms with van der Waals surface area (Å²) in [5.41, 5.74) is 2.03. The lowest BCUT2D eigenvalue weighted by atomic mass is 10.2. The molecule has 0 aliphatic rings. The molecule has 0 saturated carbocycles. The van der Waals surface area contributed by atoms with Crippen molar-refractivity contribution >= 4 is 33.9 Å². The van der Waals surface area contributed by atoms with E-state index in [1.165, 1.54) is 38.5 Å². The van der Waals surface area contributed by atoms with Crippen LogP contribution in [0.2, 0.25) is 5.02 Å². The fraction of sp³-hybridized carbons (Fsp3) is 0.429. The van der Waals surface area contributed by atoms with Gasteiger partial charge in [-0.1, -0.05) is 17.7 Å². The molecule has 23 heavy (non-hydrogen) atoms. The number of rotatable bonds is 4. The smallest absolute Gasteiger partial charge is 0.428 e. The molecule has 1 amide bonds. The molecule has 0 aliphatic carbocycles. The van der Waals surface area contributed by atoms with Crippen molar-refractivity contribution in [3.63, 3.8) is 0 Å². The fourth-order valence-electron chi connectivity index (χ4n) is 1.44. The number of hydrogen-bond donors (Lipinski definition) is 1. The van der Waals surface area contributed by atoms with E-state index in [1.807, 2.05) is 0 Å². The normalized spacial score (nSPS) is 12.7. The first-order valence-corrected chi connectivity index (χ1v) is 8.49. The number of nitrogens with zero attached hydrogens (tertiary/aromatic N) is 2. The number of ether oxygens (including phenoxy) is 1. The Labute approximate surface area is 141 Å². The molecule has 1 aromatic rings. The number of nitrogens with one attached hydrogen (secondary N) is 1. The van der Waals surface area contributed by atoms with Gasteiger partial charge in [0.15, 0.2) is 0 Å². The lowest BCUT2D eigenvalue weighted by molar-refractivity contribution is 0.0529. The minimum Gasteiger partial charge on any atom is -0.443 e. The van der Waals surface area contributed by atoms with E-state index in [-0.39, 0.29) is 9.92 Å². The van der Waals surface area contributed by atoms with Gasteiger partial charge in [-0.15, -0.1) is 0 Å². The number of hydrogen-bond acceptors (Lipinski definition) is 5. The minimum atomic E-state index is -3.56. The van der Waals surface area contributed by atoms with Crippen LogP contribution in [0, 0.1) is 0 Å². The van der Waals surface area contributed by atoms with E-state index < -0.39 is 21.7 Å². The van der Waals surface area contributed by atoms with Crippen LogP contribution in [0.1, 0.15) is 26.3 Å². The van der Waals surface area contributed by atoms with Gasteiger partial charge in [-0.05, 0) is 32.9 Å². The molecule has 0 spiro atoms. The summed E-state index contributed by atoms with van der Waals surface area (Å²) in [4.78, 5) is 11.5. The van der Waals surface area contributed by atoms with Gasteiger partial charge in [-0.3, -0.25) is 0 Å². The van der Waals surface area contributed by atoms with E-state index in [4.69, 9.17) is 16.3 Å². The van der Waals surface area contributed by atoms with Gasteiger partial charge < -0.3 is 4.74 Å². The predicted octanol–water partition coefficient (Wildman–Crippen LogP) is 2.45. The zero-order valence-electron chi connectivity index (χ0n) is 13.6. The van der Waals surface area contributed by atoms with Crippen LogP contribution >= 0.6 is 11.6 Å². The van der Waals surface area contributed by atoms with Gasteiger partial charge in [0.1, 0.15) is 5.60 Å². The number of carbonyl (C=O) groups is 1. The Morgan fingerprint density at radius 2 is 1.96 bits per heavy atom. The molecule has 128 valence electrons. The lowest BCUT2D eigenvalue weighted by Gasteiger charge is -2.18. The number of halogens is 1. The summed E-state index contributed by atoms with van der Waals surface area (Å²) >= 11 is 6.04. The molecule has 0 fully saturated rings. The zero-order valence-corrected chi connectivity index (χ0v) is 15.2. The second-order valence-electron chi connectivity index (χ2n) is 5.84. The summed E-state index contributed by atoms with van der Waals surface area (Å²) in [6, 6.07) is 4.24. The average Bonchev–Trinajstić information content (AvgIpc) is 2.38. The fourth-order valence-corrected chi connectivity index (χ4v) is 2.66. The van der Waals surface area contributed by atoms with Gasteiger partial charge in [0.05, 0.1) is 16.1 Å². The van der Waals surface area contributed by atoms with Crippen molar-refractivity contribution < 1.29 is 17.9 Å². The van der Waals surface area contributed by atoms with Crippen molar-refractivity contribution in [2.24, 2.45) is 5.10 Å². The van der Waals surface area contributed by atoms with Crippen LogP contribution in [-0.2, 0) is 14.8 Å². The summed E-state index contributed by atoms with van der Waals surface area (Å²) in [5.74, 6) is 0. The SMILES string of the molecule is CN(C)S(=O)(=O)c1ccc(/C=N/NC(=O)OC(C)(C)C)c(Cl)c1. The summed E-state index contributed by atoms with van der Waals surface area (Å²) in [5, 5.41) is 3.92. The third kappa shape index (κ3) is 5.81. The zero-order chi connectivity index (χ0) is 17.8. The Bertz CT molecular complexity index is 709. The second kappa shape index (κ2) is 7.29. The molecule has 0 atom stereocenters. The largest absolute Gasteiger partial charge is 0.443 e. The molecule has 1 rings (SSSR count). The molecule has 0 bridgehead atoms. The van der Waals surface area contributed by atoms with Crippen LogP contribution in [0.4, 0.5) is 4.79 Å². The van der Waals surface area contributed by atoms with Crippen molar-refractivity contribution in [1.82, 2.24) is 9.73 Å². The Kier molecular flexibility index (Phi) is 6.15. The maximum absolute atomic E-state index is 12.0. The van der Waals surface area contributed by atoms with Gasteiger partial charge in [-0.2, -0.15) is 5.10 Å². The molecular weight excluding hydrogens is 342 g/mol. The summed E-state index contributed by atoms with van der Waals surface area (Å²) < 4.78 is 30.1. The summed E-state index contributed by atoms with van der Waals surface area (Å²) in [7, 11) is -0.688. The van der Waals surface area contributed by atoms with Gasteiger partial charge in [0.25, 0.3) is 0 Å². The van der Waals surface area contributed by atoms with Crippen LogP contribution in [0.5, 0.6) is 0 Å². The van der Waals surface area contributed by atoms with Crippen LogP contribution in [0.15, 0.2) is 28.2 Å². The number of hydrazone groups is 1. The maximum Gasteiger partial charge on any atom is 0.428 e. The number of amides is 1. The van der Waals surface area contributed by atoms with Gasteiger partial charge in [-0.25, -0.2) is 22.9 Å². The van der Waals surface area contributed by atoms with E-state index >= 15 is 0 Å². The highest BCUT2D eigenvalue weighted by atomic mass is 35.5. The first-order valence-electron chi connectivity index (χ1n) is 6.67. The van der Waals surface area contributed by atoms with E-state index in [9.17, 15) is 13.2 Å². The van der Waals surface area contributed by atoms with E-state index in [2.05, 4.69) is 10.5 Å². The van der Waals surface area contributed by atoms with Crippen LogP contribution in [-0.4, -0.2) is 44.7 Å². The molecule has 0 aromatic heterocycles. The highest BCUT2D eigenvalue weighted by Gasteiger charge is 2.18. The maximum atomic E-state index is 12.0. The van der Waals surface area contributed by atoms with Crippen molar-refractivity contribution in [3.8, 4) is 0 Å². The standard InChI is InChI=1S/C14H20ClN3O4S/c1-14(2,3)22-13(19)17-16-9-10-6-7-11(8-12(10)15)23(20,21)18(4)5/h6-9H,1-5H3,(H,17,19)/b16-9+. The highest BCUT2D eigenvalue weighted by Crippen LogP contribution is 2.21. The number of carbonyl (C=O) groups excluding carboxylic acids is 1. The van der Waals surface area contributed by atoms with Crippen molar-refractivity contribution in [3.05, 3.63) is 28.8 Å². The van der Waals surface area contributed by atoms with E-state index in [0.717, 1.165) is 4.31 Å². The minimum absolute atomic E-state index is 0.0738. The molecule has 0 aliphatic heterocycles. The molecule has 0 saturated heterocycles. The Hall–Kier alpha value is -1.64. The molecule has 1 aromatic carbocycles. The molecule has 7 nitrogen and oxygen atoms in total. The van der Waals surface area contributed by atoms with E-state index in [1.54, 1.807) is 20.8 Å². The monoisotopic (exact) mass is 361 g/mol. The molecule has 9 heteroatoms. The van der Waals surface area contributed by atoms with Crippen LogP contribution in [0.25, 0.3) is 0 Å². The van der Waals surface area contributed by atoms with E-state index in [0.29, 0.717) is 5.56 Å². The highest BCUT2D eigenvalue weighted by molar-refractivity contribution is 7.89. The quantitative estimate of drug-likeness (QED) is 0.659. The van der Waals surface area contributed by atoms with Gasteiger partial charge in [0, 0.05) is 19.7 Å². The Balaban J connectivity index is 2.84. The van der Waals surface area contributed by atoms with Crippen LogP contribution < -0.4 is 5.43 Å². The predicted molar refractivity (Wildman–Crippen MR) is 89.3 cm³/mol. The first kappa shape index (κ1) is 19.4. The summed E-state index contributed by atoms with van der Waals surface area (Å²) in [6.45, 7) is 5.20. The second-order valence-corrected chi connectivity index (χ2v) is 8.40. The van der Waals surface area contributed by atoms with Crippen molar-refractivity contribution in [1.29, 1.82) is 0 Å². The average molecular weight is 362 g/mol. The van der Waals surface area contributed by atoms with Crippen molar-refractivity contribution in [2.45, 2.75) is 31.3 Å². The van der Waals surface area contributed by atoms with Crippen LogP contribution in [0.3, 0.4) is 0 Å². The first-order chi connectivity index (χ1) is 10.4.